The number of benzene rings is 1. The van der Waals surface area contributed by atoms with Crippen LogP contribution < -0.4 is 13.9 Å². The maximum Gasteiger partial charge on any atom is 0.332 e. The lowest BCUT2D eigenvalue weighted by Gasteiger charge is -2.21. The number of hydrogen-bond donors (Lipinski definition) is 1. The Morgan fingerprint density at radius 2 is 1.82 bits per heavy atom. The SMILES string of the molecule is CNCCCN1c2ccccc2N(c2ccccn2)S1(=O)=O. The van der Waals surface area contributed by atoms with E-state index < -0.39 is 10.2 Å². The van der Waals surface area contributed by atoms with Crippen molar-refractivity contribution in [1.29, 1.82) is 0 Å². The van der Waals surface area contributed by atoms with Crippen LogP contribution in [0.5, 0.6) is 0 Å². The average molecular weight is 318 g/mol. The zero-order chi connectivity index (χ0) is 15.6. The van der Waals surface area contributed by atoms with Crippen LogP contribution in [0.2, 0.25) is 0 Å². The second-order valence-electron chi connectivity index (χ2n) is 4.98. The molecular formula is C15H18N4O2S. The van der Waals surface area contributed by atoms with Crippen LogP contribution in [0.15, 0.2) is 48.7 Å². The predicted molar refractivity (Wildman–Crippen MR) is 87.6 cm³/mol. The van der Waals surface area contributed by atoms with Gasteiger partial charge in [-0.05, 0) is 44.3 Å². The molecule has 1 aliphatic heterocycles. The highest BCUT2D eigenvalue weighted by atomic mass is 32.2. The molecule has 0 aliphatic carbocycles. The van der Waals surface area contributed by atoms with Gasteiger partial charge in [0.15, 0.2) is 0 Å². The summed E-state index contributed by atoms with van der Waals surface area (Å²) in [6.07, 6.45) is 2.33. The molecule has 0 fully saturated rings. The van der Waals surface area contributed by atoms with Crippen LogP contribution in [0.25, 0.3) is 0 Å². The van der Waals surface area contributed by atoms with Crippen molar-refractivity contribution >= 4 is 27.4 Å². The lowest BCUT2D eigenvalue weighted by Crippen LogP contribution is -2.37. The number of fused-ring (bicyclic) bond motifs is 1. The van der Waals surface area contributed by atoms with Gasteiger partial charge in [-0.25, -0.2) is 9.29 Å². The number of aromatic nitrogens is 1. The maximum atomic E-state index is 12.9. The molecule has 2 aromatic rings. The minimum atomic E-state index is -3.64. The molecule has 3 rings (SSSR count). The molecule has 6 nitrogen and oxygen atoms in total. The van der Waals surface area contributed by atoms with Crippen LogP contribution in [0, 0.1) is 0 Å². The Kier molecular flexibility index (Phi) is 4.00. The van der Waals surface area contributed by atoms with Gasteiger partial charge in [0.25, 0.3) is 0 Å². The minimum Gasteiger partial charge on any atom is -0.320 e. The van der Waals surface area contributed by atoms with Crippen molar-refractivity contribution in [3.63, 3.8) is 0 Å². The standard InChI is InChI=1S/C15H18N4O2S/c1-16-10-6-12-18-13-7-2-3-8-14(13)19(22(18,20)21)15-9-4-5-11-17-15/h2-5,7-9,11,16H,6,10,12H2,1H3. The van der Waals surface area contributed by atoms with Crippen LogP contribution in [0.1, 0.15) is 6.42 Å². The highest BCUT2D eigenvalue weighted by Gasteiger charge is 2.41. The number of nitrogens with zero attached hydrogens (tertiary/aromatic N) is 3. The van der Waals surface area contributed by atoms with Crippen molar-refractivity contribution in [2.75, 3.05) is 28.7 Å². The molecule has 0 unspecified atom stereocenters. The molecule has 0 saturated heterocycles. The summed E-state index contributed by atoms with van der Waals surface area (Å²) >= 11 is 0. The number of anilines is 3. The normalized spacial score (nSPS) is 15.9. The topological polar surface area (TPSA) is 65.5 Å². The fourth-order valence-electron chi connectivity index (χ4n) is 2.54. The minimum absolute atomic E-state index is 0.408. The van der Waals surface area contributed by atoms with E-state index >= 15 is 0 Å². The third-order valence-electron chi connectivity index (χ3n) is 3.52. The molecule has 0 saturated carbocycles. The van der Waals surface area contributed by atoms with Gasteiger partial charge in [0.05, 0.1) is 11.4 Å². The number of nitrogens with one attached hydrogen (secondary N) is 1. The van der Waals surface area contributed by atoms with E-state index in [0.717, 1.165) is 13.0 Å². The summed E-state index contributed by atoms with van der Waals surface area (Å²) in [5.74, 6) is 0.408. The summed E-state index contributed by atoms with van der Waals surface area (Å²) in [7, 11) is -1.79. The fraction of sp³-hybridized carbons (Fsp3) is 0.267. The van der Waals surface area contributed by atoms with E-state index in [1.54, 1.807) is 30.5 Å². The van der Waals surface area contributed by atoms with Gasteiger partial charge in [-0.3, -0.25) is 4.31 Å². The van der Waals surface area contributed by atoms with E-state index in [0.29, 0.717) is 23.7 Å². The van der Waals surface area contributed by atoms with Gasteiger partial charge in [-0.1, -0.05) is 18.2 Å². The first-order valence-electron chi connectivity index (χ1n) is 7.14. The first kappa shape index (κ1) is 14.8. The van der Waals surface area contributed by atoms with E-state index in [2.05, 4.69) is 10.3 Å². The lowest BCUT2D eigenvalue weighted by molar-refractivity contribution is 0.591. The van der Waals surface area contributed by atoms with Gasteiger partial charge in [-0.15, -0.1) is 0 Å². The molecule has 1 aromatic heterocycles. The van der Waals surface area contributed by atoms with E-state index in [9.17, 15) is 8.42 Å². The van der Waals surface area contributed by atoms with Crippen LogP contribution in [-0.4, -0.2) is 33.5 Å². The van der Waals surface area contributed by atoms with Crippen LogP contribution in [-0.2, 0) is 10.2 Å². The second-order valence-corrected chi connectivity index (χ2v) is 6.68. The molecule has 7 heteroatoms. The molecule has 0 spiro atoms. The molecule has 0 atom stereocenters. The van der Waals surface area contributed by atoms with Gasteiger partial charge in [0.1, 0.15) is 5.82 Å². The molecule has 1 aliphatic rings. The third-order valence-corrected chi connectivity index (χ3v) is 5.31. The third kappa shape index (κ3) is 2.42. The van der Waals surface area contributed by atoms with E-state index in [1.165, 1.54) is 8.61 Å². The summed E-state index contributed by atoms with van der Waals surface area (Å²) in [6.45, 7) is 1.20. The molecule has 2 heterocycles. The lowest BCUT2D eigenvalue weighted by atomic mass is 10.2. The Bertz CT molecular complexity index is 749. The Balaban J connectivity index is 2.05. The molecule has 116 valence electrons. The van der Waals surface area contributed by atoms with Crippen molar-refractivity contribution in [3.05, 3.63) is 48.7 Å². The van der Waals surface area contributed by atoms with Gasteiger partial charge >= 0.3 is 10.2 Å². The van der Waals surface area contributed by atoms with E-state index in [-0.39, 0.29) is 0 Å². The molecule has 0 radical (unpaired) electrons. The number of hydrogen-bond acceptors (Lipinski definition) is 4. The average Bonchev–Trinajstić information content (AvgIpc) is 2.75. The van der Waals surface area contributed by atoms with E-state index in [4.69, 9.17) is 0 Å². The zero-order valence-corrected chi connectivity index (χ0v) is 13.1. The molecule has 0 amide bonds. The van der Waals surface area contributed by atoms with Gasteiger partial charge in [0.2, 0.25) is 0 Å². The highest BCUT2D eigenvalue weighted by molar-refractivity contribution is 7.95. The van der Waals surface area contributed by atoms with Crippen LogP contribution in [0.3, 0.4) is 0 Å². The first-order chi connectivity index (χ1) is 10.7. The summed E-state index contributed by atoms with van der Waals surface area (Å²) in [5.41, 5.74) is 1.34. The molecule has 1 aromatic carbocycles. The molecule has 0 bridgehead atoms. The largest absolute Gasteiger partial charge is 0.332 e. The Hall–Kier alpha value is -2.12. The summed E-state index contributed by atoms with van der Waals surface area (Å²) in [6, 6.07) is 12.6. The summed E-state index contributed by atoms with van der Waals surface area (Å²) in [5, 5.41) is 3.04. The van der Waals surface area contributed by atoms with Crippen molar-refractivity contribution in [2.24, 2.45) is 0 Å². The van der Waals surface area contributed by atoms with Crippen molar-refractivity contribution in [1.82, 2.24) is 10.3 Å². The fourth-order valence-corrected chi connectivity index (χ4v) is 4.25. The Labute approximate surface area is 130 Å². The second kappa shape index (κ2) is 5.94. The highest BCUT2D eigenvalue weighted by Crippen LogP contribution is 2.44. The zero-order valence-electron chi connectivity index (χ0n) is 12.3. The van der Waals surface area contributed by atoms with Crippen molar-refractivity contribution in [2.45, 2.75) is 6.42 Å². The maximum absolute atomic E-state index is 12.9. The number of pyridine rings is 1. The first-order valence-corrected chi connectivity index (χ1v) is 8.53. The van der Waals surface area contributed by atoms with E-state index in [1.807, 2.05) is 25.2 Å². The van der Waals surface area contributed by atoms with Gasteiger partial charge < -0.3 is 5.32 Å². The van der Waals surface area contributed by atoms with Gasteiger partial charge in [-0.2, -0.15) is 8.42 Å². The quantitative estimate of drug-likeness (QED) is 0.855. The smallest absolute Gasteiger partial charge is 0.320 e. The Morgan fingerprint density at radius 1 is 1.09 bits per heavy atom. The monoisotopic (exact) mass is 318 g/mol. The molecular weight excluding hydrogens is 300 g/mol. The summed E-state index contributed by atoms with van der Waals surface area (Å²) in [4.78, 5) is 4.19. The van der Waals surface area contributed by atoms with Crippen LogP contribution in [0.4, 0.5) is 17.2 Å². The van der Waals surface area contributed by atoms with Crippen LogP contribution >= 0.6 is 0 Å². The summed E-state index contributed by atoms with van der Waals surface area (Å²) < 4.78 is 28.6. The van der Waals surface area contributed by atoms with Gasteiger partial charge in [0, 0.05) is 12.7 Å². The number of para-hydroxylation sites is 2. The molecule has 1 N–H and O–H groups in total. The Morgan fingerprint density at radius 3 is 2.50 bits per heavy atom. The number of rotatable bonds is 5. The van der Waals surface area contributed by atoms with Crippen molar-refractivity contribution < 1.29 is 8.42 Å². The predicted octanol–water partition coefficient (Wildman–Crippen LogP) is 1.89. The molecule has 22 heavy (non-hydrogen) atoms. The van der Waals surface area contributed by atoms with Crippen molar-refractivity contribution in [3.8, 4) is 0 Å².